The average molecular weight is 565 g/mol. The maximum atomic E-state index is 12.8. The molecule has 34 heavy (non-hydrogen) atoms. The summed E-state index contributed by atoms with van der Waals surface area (Å²) < 4.78 is 2.80. The molecule has 1 atom stereocenters. The fraction of sp³-hybridized carbons (Fsp3) is 0.333. The number of aromatic nitrogens is 3. The normalized spacial score (nSPS) is 12.0. The lowest BCUT2D eigenvalue weighted by atomic mass is 10.0. The third-order valence-electron chi connectivity index (χ3n) is 5.30. The van der Waals surface area contributed by atoms with Crippen LogP contribution >= 0.6 is 39.3 Å². The molecule has 0 saturated heterocycles. The van der Waals surface area contributed by atoms with Crippen molar-refractivity contribution >= 4 is 56.8 Å². The van der Waals surface area contributed by atoms with E-state index in [1.54, 1.807) is 24.3 Å². The van der Waals surface area contributed by atoms with Gasteiger partial charge in [0.05, 0.1) is 11.8 Å². The van der Waals surface area contributed by atoms with Crippen molar-refractivity contribution in [2.45, 2.75) is 38.9 Å². The molecule has 10 heteroatoms. The monoisotopic (exact) mass is 563 g/mol. The number of hydrogen-bond donors (Lipinski definition) is 2. The van der Waals surface area contributed by atoms with E-state index in [1.807, 2.05) is 51.4 Å². The molecule has 1 aromatic heterocycles. The maximum Gasteiger partial charge on any atom is 0.251 e. The number of aryl methyl sites for hydroxylation is 2. The van der Waals surface area contributed by atoms with Gasteiger partial charge in [0.2, 0.25) is 5.91 Å². The van der Waals surface area contributed by atoms with Gasteiger partial charge in [-0.2, -0.15) is 0 Å². The predicted octanol–water partition coefficient (Wildman–Crippen LogP) is 5.71. The number of amides is 2. The number of carbonyl (C=O) groups excluding carboxylic acids is 2. The Bertz CT molecular complexity index is 1170. The number of rotatable bonds is 8. The Kier molecular flexibility index (Phi) is 8.78. The van der Waals surface area contributed by atoms with Crippen LogP contribution in [0.3, 0.4) is 0 Å². The fourth-order valence-corrected chi connectivity index (χ4v) is 5.02. The average Bonchev–Trinajstić information content (AvgIpc) is 3.13. The molecule has 0 aliphatic carbocycles. The van der Waals surface area contributed by atoms with Crippen LogP contribution in [0.25, 0.3) is 0 Å². The molecule has 0 fully saturated rings. The van der Waals surface area contributed by atoms with Gasteiger partial charge in [-0.25, -0.2) is 0 Å². The minimum Gasteiger partial charge on any atom is -0.342 e. The highest BCUT2D eigenvalue weighted by atomic mass is 79.9. The van der Waals surface area contributed by atoms with Crippen LogP contribution in [0.4, 0.5) is 5.69 Å². The van der Waals surface area contributed by atoms with Gasteiger partial charge in [0.25, 0.3) is 5.91 Å². The molecule has 0 aliphatic heterocycles. The Morgan fingerprint density at radius 3 is 2.32 bits per heavy atom. The molecule has 0 unspecified atom stereocenters. The topological polar surface area (TPSA) is 88.9 Å². The van der Waals surface area contributed by atoms with Gasteiger partial charge in [-0.1, -0.05) is 53.1 Å². The summed E-state index contributed by atoms with van der Waals surface area (Å²) in [5.41, 5.74) is 3.31. The molecule has 0 spiro atoms. The van der Waals surface area contributed by atoms with Gasteiger partial charge in [0, 0.05) is 27.8 Å². The van der Waals surface area contributed by atoms with Gasteiger partial charge < -0.3 is 15.2 Å². The SMILES string of the molecule is Cc1cc(Br)cc(C)c1NC(=O)CSc1nnc([C@@H](NC(=O)c2ccc(Cl)cc2)C(C)C)n1C. The van der Waals surface area contributed by atoms with Crippen LogP contribution in [0.2, 0.25) is 5.02 Å². The van der Waals surface area contributed by atoms with Gasteiger partial charge in [0.1, 0.15) is 0 Å². The van der Waals surface area contributed by atoms with E-state index in [0.29, 0.717) is 21.6 Å². The van der Waals surface area contributed by atoms with E-state index in [0.717, 1.165) is 21.3 Å². The second-order valence-electron chi connectivity index (χ2n) is 8.35. The van der Waals surface area contributed by atoms with Crippen LogP contribution in [-0.4, -0.2) is 32.3 Å². The molecule has 0 bridgehead atoms. The summed E-state index contributed by atoms with van der Waals surface area (Å²) in [6.45, 7) is 7.93. The molecule has 3 aromatic rings. The lowest BCUT2D eigenvalue weighted by Crippen LogP contribution is -2.33. The summed E-state index contributed by atoms with van der Waals surface area (Å²) in [5, 5.41) is 15.8. The van der Waals surface area contributed by atoms with E-state index in [4.69, 9.17) is 11.6 Å². The molecule has 1 heterocycles. The van der Waals surface area contributed by atoms with Gasteiger partial charge in [-0.05, 0) is 67.3 Å². The molecule has 180 valence electrons. The van der Waals surface area contributed by atoms with E-state index in [-0.39, 0.29) is 29.5 Å². The van der Waals surface area contributed by atoms with Crippen molar-refractivity contribution in [3.63, 3.8) is 0 Å². The Hall–Kier alpha value is -2.36. The minimum atomic E-state index is -0.350. The van der Waals surface area contributed by atoms with Gasteiger partial charge in [-0.15, -0.1) is 10.2 Å². The third kappa shape index (κ3) is 6.40. The summed E-state index contributed by atoms with van der Waals surface area (Å²) in [6.07, 6.45) is 0. The van der Waals surface area contributed by atoms with Crippen molar-refractivity contribution < 1.29 is 9.59 Å². The zero-order chi connectivity index (χ0) is 25.0. The highest BCUT2D eigenvalue weighted by molar-refractivity contribution is 9.10. The summed E-state index contributed by atoms with van der Waals surface area (Å²) >= 11 is 10.7. The van der Waals surface area contributed by atoms with Crippen LogP contribution in [0.15, 0.2) is 46.0 Å². The summed E-state index contributed by atoms with van der Waals surface area (Å²) in [6, 6.07) is 10.3. The second kappa shape index (κ2) is 11.4. The summed E-state index contributed by atoms with van der Waals surface area (Å²) in [5.74, 6) is 0.542. The highest BCUT2D eigenvalue weighted by Crippen LogP contribution is 2.27. The van der Waals surface area contributed by atoms with E-state index < -0.39 is 0 Å². The molecule has 7 nitrogen and oxygen atoms in total. The maximum absolute atomic E-state index is 12.8. The number of thioether (sulfide) groups is 1. The van der Waals surface area contributed by atoms with E-state index in [1.165, 1.54) is 11.8 Å². The minimum absolute atomic E-state index is 0.0728. The van der Waals surface area contributed by atoms with Gasteiger partial charge in [-0.3, -0.25) is 9.59 Å². The second-order valence-corrected chi connectivity index (χ2v) is 10.6. The lowest BCUT2D eigenvalue weighted by Gasteiger charge is -2.21. The highest BCUT2D eigenvalue weighted by Gasteiger charge is 2.25. The van der Waals surface area contributed by atoms with Crippen molar-refractivity contribution in [3.05, 3.63) is 68.4 Å². The standard InChI is InChI=1S/C24H27BrClN5O2S/c1-13(2)20(28-23(33)16-6-8-18(26)9-7-16)22-29-30-24(31(22)5)34-12-19(32)27-21-14(3)10-17(25)11-15(21)4/h6-11,13,20H,12H2,1-5H3,(H,27,32)(H,28,33)/t20-/m0/s1. The number of carbonyl (C=O) groups is 2. The number of hydrogen-bond acceptors (Lipinski definition) is 5. The lowest BCUT2D eigenvalue weighted by molar-refractivity contribution is -0.113. The van der Waals surface area contributed by atoms with Crippen molar-refractivity contribution in [2.24, 2.45) is 13.0 Å². The Morgan fingerprint density at radius 2 is 1.74 bits per heavy atom. The largest absolute Gasteiger partial charge is 0.342 e. The van der Waals surface area contributed by atoms with Gasteiger partial charge in [0.15, 0.2) is 11.0 Å². The third-order valence-corrected chi connectivity index (χ3v) is 7.03. The van der Waals surface area contributed by atoms with Crippen LogP contribution < -0.4 is 10.6 Å². The molecule has 2 N–H and O–H groups in total. The predicted molar refractivity (Wildman–Crippen MR) is 140 cm³/mol. The fourth-order valence-electron chi connectivity index (χ4n) is 3.49. The number of nitrogens with one attached hydrogen (secondary N) is 2. The van der Waals surface area contributed by atoms with Crippen molar-refractivity contribution in [2.75, 3.05) is 11.1 Å². The number of benzene rings is 2. The van der Waals surface area contributed by atoms with Crippen LogP contribution in [0, 0.1) is 19.8 Å². The summed E-state index contributed by atoms with van der Waals surface area (Å²) in [7, 11) is 1.84. The van der Waals surface area contributed by atoms with Crippen molar-refractivity contribution in [1.82, 2.24) is 20.1 Å². The first-order valence-electron chi connectivity index (χ1n) is 10.7. The first-order chi connectivity index (χ1) is 16.1. The number of halogens is 2. The quantitative estimate of drug-likeness (QED) is 0.342. The Labute approximate surface area is 217 Å². The van der Waals surface area contributed by atoms with Crippen molar-refractivity contribution in [3.8, 4) is 0 Å². The first kappa shape index (κ1) is 26.2. The summed E-state index contributed by atoms with van der Waals surface area (Å²) in [4.78, 5) is 25.3. The Morgan fingerprint density at radius 1 is 1.12 bits per heavy atom. The molecule has 0 saturated carbocycles. The van der Waals surface area contributed by atoms with Gasteiger partial charge >= 0.3 is 0 Å². The first-order valence-corrected chi connectivity index (χ1v) is 12.9. The van der Waals surface area contributed by atoms with E-state index in [2.05, 4.69) is 36.8 Å². The van der Waals surface area contributed by atoms with E-state index in [9.17, 15) is 9.59 Å². The molecule has 0 aliphatic rings. The van der Waals surface area contributed by atoms with Crippen LogP contribution in [0.1, 0.15) is 47.2 Å². The molecular formula is C24H27BrClN5O2S. The van der Waals surface area contributed by atoms with Crippen LogP contribution in [-0.2, 0) is 11.8 Å². The number of anilines is 1. The molecule has 3 rings (SSSR count). The molecule has 2 aromatic carbocycles. The van der Waals surface area contributed by atoms with E-state index >= 15 is 0 Å². The zero-order valence-corrected chi connectivity index (χ0v) is 22.8. The molecular weight excluding hydrogens is 538 g/mol. The zero-order valence-electron chi connectivity index (χ0n) is 19.6. The van der Waals surface area contributed by atoms with Crippen molar-refractivity contribution in [1.29, 1.82) is 0 Å². The molecule has 0 radical (unpaired) electrons. The molecule has 2 amide bonds. The smallest absolute Gasteiger partial charge is 0.251 e. The Balaban J connectivity index is 1.68. The number of nitrogens with zero attached hydrogens (tertiary/aromatic N) is 3. The van der Waals surface area contributed by atoms with Crippen LogP contribution in [0.5, 0.6) is 0 Å².